The number of carbonyl (C=O) groups is 3. The van der Waals surface area contributed by atoms with Crippen molar-refractivity contribution < 1.29 is 164 Å². The molecular formula is C75H138N2O33. The summed E-state index contributed by atoms with van der Waals surface area (Å²) in [5, 5.41) is 225. The largest absolute Gasteiger partial charge is 0.477 e. The number of unbranched alkanes of at least 4 members (excludes halogenated alkanes) is 28. The summed E-state index contributed by atoms with van der Waals surface area (Å²) in [5.41, 5.74) is 0. The van der Waals surface area contributed by atoms with E-state index >= 15 is 0 Å². The fourth-order valence-electron chi connectivity index (χ4n) is 15.0. The van der Waals surface area contributed by atoms with E-state index in [4.69, 9.17) is 47.4 Å². The van der Waals surface area contributed by atoms with Crippen LogP contribution in [0.4, 0.5) is 0 Å². The first-order chi connectivity index (χ1) is 52.7. The Balaban J connectivity index is 1.24. The second-order valence-electron chi connectivity index (χ2n) is 30.6. The standard InChI is InChI=1S/C75H138N2O33/c1-4-6-8-10-12-14-16-17-18-19-20-21-22-23-24-25-27-29-31-33-35-46(85)69(98)77-44(54(88)45(84)34-32-30-28-26-15-13-11-9-7-5-2)42-101-70-60(94)58(92)65(51(40-81)104-70)107-71-62(96)59(93)66(52(41-82)105-71)109-75(74(99)100)36-49(53(76-43(3)83)67(110-75)55(89)47(86)37-78)102-73-63(97)68(56(90)50(39-80)103-73)108-72-61(95)57(91)64(106-72)48(87)38-79/h44-68,70-73,78-82,84-97H,4-42H2,1-3H3,(H,76,83)(H,77,98)(H,99,100)/t44-,45+,46+,47+,48+,49-,50+,51+,52+,53+,54-,55+,56-,57+,58+,59+,60+,61+,62+,63+,64-,65+,66-,67+,68-,70+,71-,72-,73-,75+/m0/s1. The Labute approximate surface area is 645 Å². The van der Waals surface area contributed by atoms with Crippen molar-refractivity contribution in [1.82, 2.24) is 10.6 Å². The van der Waals surface area contributed by atoms with E-state index in [1.54, 1.807) is 0 Å². The zero-order valence-corrected chi connectivity index (χ0v) is 64.6. The third kappa shape index (κ3) is 30.0. The molecule has 30 atom stereocenters. The van der Waals surface area contributed by atoms with Crippen LogP contribution in [0, 0.1) is 0 Å². The van der Waals surface area contributed by atoms with Crippen LogP contribution in [-0.4, -0.2) is 343 Å². The van der Waals surface area contributed by atoms with Crippen LogP contribution in [0.15, 0.2) is 0 Å². The van der Waals surface area contributed by atoms with Gasteiger partial charge in [-0.25, -0.2) is 4.79 Å². The molecule has 5 heterocycles. The molecule has 0 radical (unpaired) electrons. The van der Waals surface area contributed by atoms with Crippen LogP contribution in [-0.2, 0) is 61.8 Å². The van der Waals surface area contributed by atoms with Crippen LogP contribution in [0.2, 0.25) is 0 Å². The molecule has 5 rings (SSSR count). The Morgan fingerprint density at radius 2 is 0.882 bits per heavy atom. The summed E-state index contributed by atoms with van der Waals surface area (Å²) in [4.78, 5) is 40.3. The minimum atomic E-state index is -3.37. The average molecular weight is 1600 g/mol. The minimum absolute atomic E-state index is 0.0970. The molecule has 22 N–H and O–H groups in total. The van der Waals surface area contributed by atoms with Gasteiger partial charge in [0, 0.05) is 13.3 Å². The van der Waals surface area contributed by atoms with Crippen LogP contribution in [0.3, 0.4) is 0 Å². The first-order valence-corrected chi connectivity index (χ1v) is 40.6. The molecule has 35 nitrogen and oxygen atoms in total. The highest BCUT2D eigenvalue weighted by Crippen LogP contribution is 2.42. The lowest BCUT2D eigenvalue weighted by Gasteiger charge is -2.52. The monoisotopic (exact) mass is 1590 g/mol. The lowest BCUT2D eigenvalue weighted by molar-refractivity contribution is -0.392. The molecule has 0 aromatic rings. The lowest BCUT2D eigenvalue weighted by Crippen LogP contribution is -2.72. The minimum Gasteiger partial charge on any atom is -0.477 e. The van der Waals surface area contributed by atoms with Gasteiger partial charge < -0.3 is 160 Å². The molecule has 35 heteroatoms. The van der Waals surface area contributed by atoms with Gasteiger partial charge in [-0.15, -0.1) is 0 Å². The summed E-state index contributed by atoms with van der Waals surface area (Å²) in [6.45, 7) is -0.899. The molecule has 646 valence electrons. The summed E-state index contributed by atoms with van der Waals surface area (Å²) in [5.74, 6) is -7.34. The Morgan fingerprint density at radius 3 is 1.36 bits per heavy atom. The number of rotatable bonds is 57. The zero-order chi connectivity index (χ0) is 81.0. The third-order valence-corrected chi connectivity index (χ3v) is 21.7. The number of carboxylic acid groups (broad SMARTS) is 1. The maximum atomic E-state index is 13.8. The number of aliphatic hydroxyl groups is 19. The number of nitrogens with one attached hydrogen (secondary N) is 2. The number of aliphatic carboxylic acids is 1. The van der Waals surface area contributed by atoms with E-state index in [0.29, 0.717) is 12.8 Å². The first-order valence-electron chi connectivity index (χ1n) is 40.6. The van der Waals surface area contributed by atoms with Gasteiger partial charge >= 0.3 is 5.97 Å². The second-order valence-corrected chi connectivity index (χ2v) is 30.6. The summed E-state index contributed by atoms with van der Waals surface area (Å²) < 4.78 is 58.1. The molecule has 0 unspecified atom stereocenters. The number of hydrogen-bond acceptors (Lipinski definition) is 32. The van der Waals surface area contributed by atoms with Gasteiger partial charge in [-0.2, -0.15) is 0 Å². The third-order valence-electron chi connectivity index (χ3n) is 21.7. The smallest absolute Gasteiger partial charge is 0.364 e. The molecule has 5 saturated heterocycles. The summed E-state index contributed by atoms with van der Waals surface area (Å²) in [7, 11) is 0. The predicted octanol–water partition coefficient (Wildman–Crippen LogP) is -1.46. The number of amides is 2. The van der Waals surface area contributed by atoms with Crippen molar-refractivity contribution >= 4 is 17.8 Å². The molecule has 0 bridgehead atoms. The van der Waals surface area contributed by atoms with E-state index in [1.807, 2.05) is 0 Å². The van der Waals surface area contributed by atoms with Crippen molar-refractivity contribution in [2.75, 3.05) is 39.6 Å². The van der Waals surface area contributed by atoms with Crippen molar-refractivity contribution in [2.45, 2.75) is 416 Å². The molecule has 5 aliphatic rings. The molecular weight excluding hydrogens is 1460 g/mol. The normalized spacial score (nSPS) is 34.1. The van der Waals surface area contributed by atoms with E-state index in [2.05, 4.69) is 24.5 Å². The highest BCUT2D eigenvalue weighted by molar-refractivity contribution is 5.80. The van der Waals surface area contributed by atoms with Gasteiger partial charge in [0.15, 0.2) is 25.2 Å². The van der Waals surface area contributed by atoms with Gasteiger partial charge in [-0.05, 0) is 12.8 Å². The quantitative estimate of drug-likeness (QED) is 0.0309. The highest BCUT2D eigenvalue weighted by atomic mass is 16.8. The van der Waals surface area contributed by atoms with Crippen molar-refractivity contribution in [1.29, 1.82) is 0 Å². The molecule has 0 aliphatic carbocycles. The maximum Gasteiger partial charge on any atom is 0.364 e. The predicted molar refractivity (Wildman–Crippen MR) is 388 cm³/mol. The van der Waals surface area contributed by atoms with Gasteiger partial charge in [0.2, 0.25) is 11.8 Å². The summed E-state index contributed by atoms with van der Waals surface area (Å²) in [6, 6.07) is -3.33. The number of carboxylic acids is 1. The van der Waals surface area contributed by atoms with Crippen LogP contribution in [0.1, 0.15) is 233 Å². The second kappa shape index (κ2) is 52.1. The molecule has 2 amide bonds. The number of ether oxygens (including phenoxy) is 10. The van der Waals surface area contributed by atoms with E-state index in [-0.39, 0.29) is 12.8 Å². The molecule has 110 heavy (non-hydrogen) atoms. The van der Waals surface area contributed by atoms with E-state index < -0.39 is 247 Å². The van der Waals surface area contributed by atoms with E-state index in [1.165, 1.54) is 109 Å². The Morgan fingerprint density at radius 1 is 0.455 bits per heavy atom. The maximum absolute atomic E-state index is 13.8. The van der Waals surface area contributed by atoms with E-state index in [0.717, 1.165) is 77.6 Å². The number of hydrogen-bond donors (Lipinski definition) is 22. The summed E-state index contributed by atoms with van der Waals surface area (Å²) >= 11 is 0. The molecule has 5 fully saturated rings. The van der Waals surface area contributed by atoms with Crippen LogP contribution in [0.5, 0.6) is 0 Å². The van der Waals surface area contributed by atoms with Crippen molar-refractivity contribution in [2.24, 2.45) is 0 Å². The van der Waals surface area contributed by atoms with Crippen LogP contribution >= 0.6 is 0 Å². The highest BCUT2D eigenvalue weighted by Gasteiger charge is 2.62. The number of carbonyl (C=O) groups excluding carboxylic acids is 2. The van der Waals surface area contributed by atoms with Crippen LogP contribution < -0.4 is 10.6 Å². The van der Waals surface area contributed by atoms with Gasteiger partial charge in [-0.3, -0.25) is 9.59 Å². The Bertz CT molecular complexity index is 2470. The lowest BCUT2D eigenvalue weighted by atomic mass is 9.87. The zero-order valence-electron chi connectivity index (χ0n) is 64.6. The Kier molecular flexibility index (Phi) is 46.4. The van der Waals surface area contributed by atoms with Gasteiger partial charge in [0.05, 0.1) is 63.9 Å². The fourth-order valence-corrected chi connectivity index (χ4v) is 15.0. The van der Waals surface area contributed by atoms with Crippen molar-refractivity contribution in [3.05, 3.63) is 0 Å². The van der Waals surface area contributed by atoms with Gasteiger partial charge in [0.25, 0.3) is 5.79 Å². The van der Waals surface area contributed by atoms with Crippen LogP contribution in [0.25, 0.3) is 0 Å². The molecule has 5 aliphatic heterocycles. The first kappa shape index (κ1) is 97.8. The molecule has 0 aromatic carbocycles. The molecule has 0 aromatic heterocycles. The number of aliphatic hydroxyl groups excluding tert-OH is 19. The van der Waals surface area contributed by atoms with E-state index in [9.17, 15) is 117 Å². The van der Waals surface area contributed by atoms with Crippen molar-refractivity contribution in [3.63, 3.8) is 0 Å². The van der Waals surface area contributed by atoms with Crippen molar-refractivity contribution in [3.8, 4) is 0 Å². The Hall–Kier alpha value is -2.75. The molecule has 0 saturated carbocycles. The summed E-state index contributed by atoms with van der Waals surface area (Å²) in [6.07, 6.45) is -21.6. The van der Waals surface area contributed by atoms with Gasteiger partial charge in [0.1, 0.15) is 128 Å². The fraction of sp³-hybridized carbons (Fsp3) is 0.960. The average Bonchev–Trinajstić information content (AvgIpc) is 0.770. The molecule has 0 spiro atoms. The SMILES string of the molecule is CCCCCCCCCCCCCCCCCCCCCC[C@@H](O)C(=O)N[C@@H](CO[C@@H]1O[C@H](CO)[C@@H](O[C@@H]2O[C@H](CO)[C@H](O[C@]3(C(=O)O)C[C@H](O[C@H]4O[C@H](CO)[C@H](O)[C@H](O[C@@H]5O[C@@H]([C@H](O)CO)[C@H](O)[C@H]5O)[C@H]4O)[C@@H](NC(C)=O)[C@H]([C@H](O)[C@H](O)CO)O3)[C@H](O)[C@H]2O)[C@H](O)[C@H]1O)[C@H](O)[C@H](O)CCCCCCCCCCCC. The van der Waals surface area contributed by atoms with Gasteiger partial charge in [-0.1, -0.05) is 206 Å². The topological polar surface area (TPSA) is 572 Å².